The summed E-state index contributed by atoms with van der Waals surface area (Å²) in [5.74, 6) is 0.127. The summed E-state index contributed by atoms with van der Waals surface area (Å²) in [6, 6.07) is 9.48. The van der Waals surface area contributed by atoms with Crippen molar-refractivity contribution < 1.29 is 13.2 Å². The summed E-state index contributed by atoms with van der Waals surface area (Å²) in [5, 5.41) is 2.63. The Bertz CT molecular complexity index is 1180. The Balaban J connectivity index is 1.99. The lowest BCUT2D eigenvalue weighted by Gasteiger charge is -2.14. The molecule has 0 unspecified atom stereocenters. The van der Waals surface area contributed by atoms with Crippen LogP contribution in [0.1, 0.15) is 12.6 Å². The predicted octanol–water partition coefficient (Wildman–Crippen LogP) is 4.52. The summed E-state index contributed by atoms with van der Waals surface area (Å²) in [7, 11) is -4.04. The minimum atomic E-state index is -4.04. The number of aryl methyl sites for hydroxylation is 1. The van der Waals surface area contributed by atoms with Crippen LogP contribution < -0.4 is 10.0 Å². The SMILES string of the molecule is CC(=O)Nc1cc(-c2cnc(C)c(NS(=O)(=O)c3c(Cl)cccc3Cl)c2)ccn1. The van der Waals surface area contributed by atoms with Gasteiger partial charge in [0.05, 0.1) is 21.4 Å². The van der Waals surface area contributed by atoms with Gasteiger partial charge in [0.25, 0.3) is 10.0 Å². The van der Waals surface area contributed by atoms with Gasteiger partial charge < -0.3 is 5.32 Å². The van der Waals surface area contributed by atoms with Crippen molar-refractivity contribution in [2.45, 2.75) is 18.7 Å². The lowest BCUT2D eigenvalue weighted by molar-refractivity contribution is -0.114. The molecular weight excluding hydrogens is 435 g/mol. The van der Waals surface area contributed by atoms with Crippen molar-refractivity contribution in [1.82, 2.24) is 9.97 Å². The van der Waals surface area contributed by atoms with Crippen molar-refractivity contribution in [3.8, 4) is 11.1 Å². The van der Waals surface area contributed by atoms with E-state index in [2.05, 4.69) is 20.0 Å². The monoisotopic (exact) mass is 450 g/mol. The maximum atomic E-state index is 12.9. The Kier molecular flexibility index (Phi) is 6.07. The van der Waals surface area contributed by atoms with Crippen LogP contribution in [0.25, 0.3) is 11.1 Å². The van der Waals surface area contributed by atoms with Crippen molar-refractivity contribution in [2.75, 3.05) is 10.0 Å². The van der Waals surface area contributed by atoms with E-state index < -0.39 is 10.0 Å². The molecule has 0 aliphatic carbocycles. The molecule has 2 aromatic heterocycles. The van der Waals surface area contributed by atoms with E-state index in [4.69, 9.17) is 23.2 Å². The van der Waals surface area contributed by atoms with Gasteiger partial charge >= 0.3 is 0 Å². The molecule has 0 bridgehead atoms. The molecule has 29 heavy (non-hydrogen) atoms. The van der Waals surface area contributed by atoms with E-state index in [-0.39, 0.29) is 26.5 Å². The molecule has 0 fully saturated rings. The first kappa shape index (κ1) is 21.0. The fraction of sp³-hybridized carbons (Fsp3) is 0.105. The van der Waals surface area contributed by atoms with E-state index in [0.717, 1.165) is 0 Å². The van der Waals surface area contributed by atoms with Crippen molar-refractivity contribution >= 4 is 50.6 Å². The number of carbonyl (C=O) groups is 1. The second-order valence-corrected chi connectivity index (χ2v) is 8.56. The standard InChI is InChI=1S/C19H16Cl2N4O3S/c1-11-17(25-29(27,28)19-15(20)4-3-5-16(19)21)8-14(10-23-11)13-6-7-22-18(9-13)24-12(2)26/h3-10,25H,1-2H3,(H,22,24,26). The van der Waals surface area contributed by atoms with Crippen molar-refractivity contribution in [1.29, 1.82) is 0 Å². The number of carbonyl (C=O) groups excluding carboxylic acids is 1. The molecule has 0 spiro atoms. The molecule has 1 amide bonds. The molecular formula is C19H16Cl2N4O3S. The maximum Gasteiger partial charge on any atom is 0.264 e. The molecule has 1 aromatic carbocycles. The largest absolute Gasteiger partial charge is 0.311 e. The summed E-state index contributed by atoms with van der Waals surface area (Å²) in [6.07, 6.45) is 3.14. The van der Waals surface area contributed by atoms with E-state index >= 15 is 0 Å². The minimum absolute atomic E-state index is 0.0147. The third-order valence-corrected chi connectivity index (χ3v) is 6.24. The molecule has 3 rings (SSSR count). The van der Waals surface area contributed by atoms with E-state index in [9.17, 15) is 13.2 Å². The first-order chi connectivity index (χ1) is 13.7. The highest BCUT2D eigenvalue weighted by Gasteiger charge is 2.22. The second kappa shape index (κ2) is 8.36. The summed E-state index contributed by atoms with van der Waals surface area (Å²) < 4.78 is 28.2. The number of sulfonamides is 1. The number of amides is 1. The van der Waals surface area contributed by atoms with Crippen LogP contribution in [0.2, 0.25) is 10.0 Å². The second-order valence-electron chi connectivity index (χ2n) is 6.12. The van der Waals surface area contributed by atoms with Crippen LogP contribution in [0.3, 0.4) is 0 Å². The maximum absolute atomic E-state index is 12.9. The van der Waals surface area contributed by atoms with E-state index in [1.54, 1.807) is 37.4 Å². The van der Waals surface area contributed by atoms with Crippen molar-refractivity contribution in [2.24, 2.45) is 0 Å². The van der Waals surface area contributed by atoms with E-state index in [1.165, 1.54) is 25.3 Å². The Morgan fingerprint density at radius 2 is 1.72 bits per heavy atom. The highest BCUT2D eigenvalue weighted by atomic mass is 35.5. The van der Waals surface area contributed by atoms with Gasteiger partial charge in [-0.15, -0.1) is 0 Å². The van der Waals surface area contributed by atoms with Gasteiger partial charge in [-0.3, -0.25) is 14.5 Å². The number of aromatic nitrogens is 2. The van der Waals surface area contributed by atoms with E-state index in [0.29, 0.717) is 22.6 Å². The van der Waals surface area contributed by atoms with Gasteiger partial charge in [-0.25, -0.2) is 13.4 Å². The average molecular weight is 451 g/mol. The third-order valence-electron chi connectivity index (χ3n) is 3.92. The molecule has 0 atom stereocenters. The summed E-state index contributed by atoms with van der Waals surface area (Å²) in [6.45, 7) is 3.06. The molecule has 0 saturated heterocycles. The van der Waals surface area contributed by atoms with E-state index in [1.807, 2.05) is 0 Å². The number of benzene rings is 1. The van der Waals surface area contributed by atoms with Crippen molar-refractivity contribution in [3.63, 3.8) is 0 Å². The number of pyridine rings is 2. The normalized spacial score (nSPS) is 11.2. The highest BCUT2D eigenvalue weighted by Crippen LogP contribution is 2.32. The fourth-order valence-electron chi connectivity index (χ4n) is 2.59. The first-order valence-electron chi connectivity index (χ1n) is 8.35. The van der Waals surface area contributed by atoms with Gasteiger partial charge in [0.15, 0.2) is 0 Å². The number of nitrogens with one attached hydrogen (secondary N) is 2. The molecule has 0 saturated carbocycles. The van der Waals surface area contributed by atoms with Crippen LogP contribution >= 0.6 is 23.2 Å². The summed E-state index contributed by atoms with van der Waals surface area (Å²) in [5.41, 5.74) is 2.08. The Morgan fingerprint density at radius 1 is 1.03 bits per heavy atom. The van der Waals surface area contributed by atoms with Gasteiger partial charge in [0, 0.05) is 24.9 Å². The van der Waals surface area contributed by atoms with Crippen LogP contribution in [0.15, 0.2) is 53.7 Å². The molecule has 0 radical (unpaired) electrons. The van der Waals surface area contributed by atoms with Crippen LogP contribution in [-0.2, 0) is 14.8 Å². The fourth-order valence-corrected chi connectivity index (χ4v) is 4.84. The number of rotatable bonds is 5. The number of anilines is 2. The smallest absolute Gasteiger partial charge is 0.264 e. The lowest BCUT2D eigenvalue weighted by Crippen LogP contribution is -2.15. The van der Waals surface area contributed by atoms with Gasteiger partial charge in [0.1, 0.15) is 10.7 Å². The Morgan fingerprint density at radius 3 is 2.38 bits per heavy atom. The topological polar surface area (TPSA) is 101 Å². The van der Waals surface area contributed by atoms with Gasteiger partial charge in [-0.05, 0) is 42.8 Å². The Hall–Kier alpha value is -2.68. The zero-order valence-corrected chi connectivity index (χ0v) is 17.7. The third kappa shape index (κ3) is 4.84. The molecule has 10 heteroatoms. The molecule has 2 heterocycles. The molecule has 2 N–H and O–H groups in total. The van der Waals surface area contributed by atoms with Gasteiger partial charge in [-0.1, -0.05) is 29.3 Å². The predicted molar refractivity (Wildman–Crippen MR) is 114 cm³/mol. The van der Waals surface area contributed by atoms with Crippen LogP contribution in [-0.4, -0.2) is 24.3 Å². The lowest BCUT2D eigenvalue weighted by atomic mass is 10.1. The molecule has 7 nitrogen and oxygen atoms in total. The van der Waals surface area contributed by atoms with Crippen molar-refractivity contribution in [3.05, 3.63) is 64.5 Å². The Labute approximate surface area is 178 Å². The molecule has 3 aromatic rings. The molecule has 0 aliphatic rings. The highest BCUT2D eigenvalue weighted by molar-refractivity contribution is 7.93. The zero-order chi connectivity index (χ0) is 21.2. The summed E-state index contributed by atoms with van der Waals surface area (Å²) in [4.78, 5) is 19.4. The number of halogens is 2. The summed E-state index contributed by atoms with van der Waals surface area (Å²) >= 11 is 12.1. The number of nitrogens with zero attached hydrogens (tertiary/aromatic N) is 2. The van der Waals surface area contributed by atoms with Crippen LogP contribution in [0.5, 0.6) is 0 Å². The molecule has 0 aliphatic heterocycles. The van der Waals surface area contributed by atoms with Crippen LogP contribution in [0, 0.1) is 6.92 Å². The quantitative estimate of drug-likeness (QED) is 0.594. The van der Waals surface area contributed by atoms with Crippen LogP contribution in [0.4, 0.5) is 11.5 Å². The number of hydrogen-bond acceptors (Lipinski definition) is 5. The first-order valence-corrected chi connectivity index (χ1v) is 10.6. The van der Waals surface area contributed by atoms with Gasteiger partial charge in [0.2, 0.25) is 5.91 Å². The zero-order valence-electron chi connectivity index (χ0n) is 15.4. The minimum Gasteiger partial charge on any atom is -0.311 e. The van der Waals surface area contributed by atoms with Gasteiger partial charge in [-0.2, -0.15) is 0 Å². The average Bonchev–Trinajstić information content (AvgIpc) is 2.62. The number of hydrogen-bond donors (Lipinski definition) is 2. The molecule has 150 valence electrons.